The van der Waals surface area contributed by atoms with Gasteiger partial charge in [0.25, 0.3) is 0 Å². The Morgan fingerprint density at radius 3 is 2.62 bits per heavy atom. The van der Waals surface area contributed by atoms with Crippen molar-refractivity contribution in [2.24, 2.45) is 11.7 Å². The van der Waals surface area contributed by atoms with Crippen molar-refractivity contribution >= 4 is 33.6 Å². The molecule has 0 heterocycles. The molecule has 3 amide bonds. The Morgan fingerprint density at radius 1 is 1.43 bits per heavy atom. The van der Waals surface area contributed by atoms with Gasteiger partial charge in [0.2, 0.25) is 5.91 Å². The zero-order valence-electron chi connectivity index (χ0n) is 11.9. The first-order valence-corrected chi connectivity index (χ1v) is 7.38. The number of carbonyl (C=O) groups is 2. The molecule has 114 valence electrons. The van der Waals surface area contributed by atoms with Crippen molar-refractivity contribution in [1.82, 2.24) is 4.90 Å². The maximum absolute atomic E-state index is 12.2. The van der Waals surface area contributed by atoms with E-state index in [1.165, 1.54) is 0 Å². The summed E-state index contributed by atoms with van der Waals surface area (Å²) in [5.74, 6) is 0.299. The van der Waals surface area contributed by atoms with Gasteiger partial charge in [-0.1, -0.05) is 0 Å². The number of hydrogen-bond donors (Lipinski definition) is 2. The first-order valence-electron chi connectivity index (χ1n) is 6.59. The van der Waals surface area contributed by atoms with Crippen molar-refractivity contribution in [3.8, 4) is 5.75 Å². The van der Waals surface area contributed by atoms with Crippen molar-refractivity contribution in [3.05, 3.63) is 22.7 Å². The van der Waals surface area contributed by atoms with E-state index in [-0.39, 0.29) is 23.9 Å². The number of nitrogens with zero attached hydrogens (tertiary/aromatic N) is 1. The summed E-state index contributed by atoms with van der Waals surface area (Å²) in [6.45, 7) is 0. The van der Waals surface area contributed by atoms with Gasteiger partial charge in [0, 0.05) is 23.5 Å². The van der Waals surface area contributed by atoms with Gasteiger partial charge in [0.15, 0.2) is 0 Å². The highest BCUT2D eigenvalue weighted by Crippen LogP contribution is 2.32. The molecule has 3 N–H and O–H groups in total. The molecule has 0 bridgehead atoms. The first kappa shape index (κ1) is 15.6. The Labute approximate surface area is 131 Å². The number of methoxy groups -OCH3 is 1. The van der Waals surface area contributed by atoms with Gasteiger partial charge in [-0.2, -0.15) is 0 Å². The number of primary amides is 1. The Morgan fingerprint density at radius 2 is 2.10 bits per heavy atom. The van der Waals surface area contributed by atoms with E-state index in [9.17, 15) is 9.59 Å². The third-order valence-corrected chi connectivity index (χ3v) is 4.46. The fourth-order valence-corrected chi connectivity index (χ4v) is 2.69. The van der Waals surface area contributed by atoms with E-state index in [1.807, 2.05) is 0 Å². The van der Waals surface area contributed by atoms with Gasteiger partial charge in [-0.25, -0.2) is 4.79 Å². The number of hydrogen-bond acceptors (Lipinski definition) is 3. The summed E-state index contributed by atoms with van der Waals surface area (Å²) in [4.78, 5) is 24.8. The average Bonchev–Trinajstić information content (AvgIpc) is 2.38. The normalized spacial score (nSPS) is 20.3. The van der Waals surface area contributed by atoms with Crippen LogP contribution in [0.4, 0.5) is 10.5 Å². The van der Waals surface area contributed by atoms with Crippen LogP contribution in [0.15, 0.2) is 22.7 Å². The molecule has 1 fully saturated rings. The SMILES string of the molecule is COc1ccc(NC(=O)N(C)C2CC(C(N)=O)C2)c(Br)c1. The van der Waals surface area contributed by atoms with E-state index < -0.39 is 0 Å². The second-order valence-corrected chi connectivity index (χ2v) is 5.97. The van der Waals surface area contributed by atoms with Crippen molar-refractivity contribution in [3.63, 3.8) is 0 Å². The summed E-state index contributed by atoms with van der Waals surface area (Å²) in [6, 6.07) is 5.16. The molecule has 7 heteroatoms. The molecule has 0 spiro atoms. The van der Waals surface area contributed by atoms with Crippen molar-refractivity contribution < 1.29 is 14.3 Å². The monoisotopic (exact) mass is 355 g/mol. The number of benzene rings is 1. The molecule has 0 radical (unpaired) electrons. The van der Waals surface area contributed by atoms with E-state index in [1.54, 1.807) is 37.3 Å². The largest absolute Gasteiger partial charge is 0.497 e. The Balaban J connectivity index is 1.94. The molecule has 0 aliphatic heterocycles. The van der Waals surface area contributed by atoms with Gasteiger partial charge >= 0.3 is 6.03 Å². The molecule has 21 heavy (non-hydrogen) atoms. The minimum absolute atomic E-state index is 0.0551. The van der Waals surface area contributed by atoms with Crippen LogP contribution >= 0.6 is 15.9 Å². The fourth-order valence-electron chi connectivity index (χ4n) is 2.23. The van der Waals surface area contributed by atoms with Crippen LogP contribution < -0.4 is 15.8 Å². The van der Waals surface area contributed by atoms with Crippen molar-refractivity contribution in [2.45, 2.75) is 18.9 Å². The fraction of sp³-hybridized carbons (Fsp3) is 0.429. The zero-order valence-corrected chi connectivity index (χ0v) is 13.5. The average molecular weight is 356 g/mol. The molecular weight excluding hydrogens is 338 g/mol. The molecule has 1 aliphatic carbocycles. The predicted molar refractivity (Wildman–Crippen MR) is 83.2 cm³/mol. The lowest BCUT2D eigenvalue weighted by molar-refractivity contribution is -0.125. The minimum Gasteiger partial charge on any atom is -0.497 e. The van der Waals surface area contributed by atoms with Gasteiger partial charge in [-0.05, 0) is 47.0 Å². The number of nitrogens with one attached hydrogen (secondary N) is 1. The van der Waals surface area contributed by atoms with E-state index in [2.05, 4.69) is 21.2 Å². The summed E-state index contributed by atoms with van der Waals surface area (Å²) in [7, 11) is 3.30. The zero-order chi connectivity index (χ0) is 15.6. The van der Waals surface area contributed by atoms with Crippen molar-refractivity contribution in [1.29, 1.82) is 0 Å². The molecule has 1 saturated carbocycles. The number of anilines is 1. The highest BCUT2D eigenvalue weighted by Gasteiger charge is 2.37. The standard InChI is InChI=1S/C14H18BrN3O3/c1-18(9-5-8(6-9)13(16)19)14(20)17-12-4-3-10(21-2)7-11(12)15/h3-4,7-9H,5-6H2,1-2H3,(H2,16,19)(H,17,20). The molecule has 0 aromatic heterocycles. The van der Waals surface area contributed by atoms with Crippen LogP contribution in [-0.2, 0) is 4.79 Å². The summed E-state index contributed by atoms with van der Waals surface area (Å²) >= 11 is 3.39. The highest BCUT2D eigenvalue weighted by molar-refractivity contribution is 9.10. The predicted octanol–water partition coefficient (Wildman–Crippen LogP) is 2.19. The van der Waals surface area contributed by atoms with Gasteiger partial charge in [-0.15, -0.1) is 0 Å². The lowest BCUT2D eigenvalue weighted by atomic mass is 9.79. The number of rotatable bonds is 4. The number of nitrogens with two attached hydrogens (primary N) is 1. The summed E-state index contributed by atoms with van der Waals surface area (Å²) < 4.78 is 5.85. The molecule has 0 atom stereocenters. The van der Waals surface area contributed by atoms with Gasteiger partial charge in [0.1, 0.15) is 5.75 Å². The van der Waals surface area contributed by atoms with Crippen LogP contribution in [-0.4, -0.2) is 37.0 Å². The minimum atomic E-state index is -0.294. The molecule has 2 rings (SSSR count). The summed E-state index contributed by atoms with van der Waals surface area (Å²) in [5, 5.41) is 2.82. The number of amides is 3. The molecular formula is C14H18BrN3O3. The molecule has 1 aromatic carbocycles. The van der Waals surface area contributed by atoms with Gasteiger partial charge in [-0.3, -0.25) is 4.79 Å². The van der Waals surface area contributed by atoms with Crippen LogP contribution in [0.2, 0.25) is 0 Å². The molecule has 1 aliphatic rings. The maximum Gasteiger partial charge on any atom is 0.321 e. The Kier molecular flexibility index (Phi) is 4.72. The van der Waals surface area contributed by atoms with E-state index in [4.69, 9.17) is 10.5 Å². The second-order valence-electron chi connectivity index (χ2n) is 5.11. The van der Waals surface area contributed by atoms with Crippen LogP contribution in [0.1, 0.15) is 12.8 Å². The van der Waals surface area contributed by atoms with Crippen LogP contribution in [0.25, 0.3) is 0 Å². The lowest BCUT2D eigenvalue weighted by Gasteiger charge is -2.39. The number of ether oxygens (including phenoxy) is 1. The molecule has 1 aromatic rings. The van der Waals surface area contributed by atoms with Gasteiger partial charge in [0.05, 0.1) is 12.8 Å². The smallest absolute Gasteiger partial charge is 0.321 e. The summed E-state index contributed by atoms with van der Waals surface area (Å²) in [5.41, 5.74) is 5.90. The van der Waals surface area contributed by atoms with Crippen LogP contribution in [0.3, 0.4) is 0 Å². The lowest BCUT2D eigenvalue weighted by Crippen LogP contribution is -2.50. The number of halogens is 1. The van der Waals surface area contributed by atoms with Crippen LogP contribution in [0, 0.1) is 5.92 Å². The summed E-state index contributed by atoms with van der Waals surface area (Å²) in [6.07, 6.45) is 1.26. The Hall–Kier alpha value is -1.76. The molecule has 0 unspecified atom stereocenters. The van der Waals surface area contributed by atoms with E-state index in [0.29, 0.717) is 24.3 Å². The highest BCUT2D eigenvalue weighted by atomic mass is 79.9. The van der Waals surface area contributed by atoms with E-state index in [0.717, 1.165) is 4.47 Å². The van der Waals surface area contributed by atoms with Crippen LogP contribution in [0.5, 0.6) is 5.75 Å². The molecule has 6 nitrogen and oxygen atoms in total. The quantitative estimate of drug-likeness (QED) is 0.867. The third kappa shape index (κ3) is 3.47. The number of urea groups is 1. The maximum atomic E-state index is 12.2. The first-order chi connectivity index (χ1) is 9.92. The van der Waals surface area contributed by atoms with Gasteiger partial charge < -0.3 is 20.7 Å². The molecule has 0 saturated heterocycles. The number of carbonyl (C=O) groups excluding carboxylic acids is 2. The van der Waals surface area contributed by atoms with Crippen molar-refractivity contribution in [2.75, 3.05) is 19.5 Å². The van der Waals surface area contributed by atoms with E-state index >= 15 is 0 Å². The Bertz CT molecular complexity index is 558. The third-order valence-electron chi connectivity index (χ3n) is 3.80. The second kappa shape index (κ2) is 6.34. The topological polar surface area (TPSA) is 84.7 Å².